The molecule has 5 fully saturated rings. The fourth-order valence-corrected chi connectivity index (χ4v) is 10.1. The Kier molecular flexibility index (Phi) is 17.1. The van der Waals surface area contributed by atoms with Gasteiger partial charge >= 0.3 is 0 Å². The van der Waals surface area contributed by atoms with Gasteiger partial charge in [0, 0.05) is 125 Å². The van der Waals surface area contributed by atoms with Crippen LogP contribution in [0.15, 0.2) is 73.8 Å². The Labute approximate surface area is 431 Å². The van der Waals surface area contributed by atoms with E-state index in [2.05, 4.69) is 94.8 Å². The Hall–Kier alpha value is -6.81. The first-order valence-electron chi connectivity index (χ1n) is 26.2. The molecular weight excluding hydrogens is 945 g/mol. The van der Waals surface area contributed by atoms with Crippen molar-refractivity contribution in [1.29, 1.82) is 0 Å². The highest BCUT2D eigenvalue weighted by Gasteiger charge is 2.27. The Morgan fingerprint density at radius 1 is 0.554 bits per heavy atom. The molecule has 1 amide bonds. The molecule has 11 rings (SSSR count). The van der Waals surface area contributed by atoms with E-state index in [9.17, 15) is 4.79 Å². The number of anilines is 5. The summed E-state index contributed by atoms with van der Waals surface area (Å²) >= 11 is 0. The zero-order valence-corrected chi connectivity index (χ0v) is 42.4. The molecule has 2 aliphatic carbocycles. The zero-order valence-electron chi connectivity index (χ0n) is 42.4. The fourth-order valence-electron chi connectivity index (χ4n) is 10.1. The lowest BCUT2D eigenvalue weighted by atomic mass is 9.93. The maximum Gasteiger partial charge on any atom is 0.254 e. The van der Waals surface area contributed by atoms with Crippen LogP contribution in [0.3, 0.4) is 0 Å². The van der Waals surface area contributed by atoms with Crippen LogP contribution in [0.4, 0.5) is 29.0 Å². The number of fused-ring (bicyclic) bond motifs is 2. The normalized spacial score (nSPS) is 21.8. The number of hydrogen-bond acceptors (Lipinski definition) is 20. The third-order valence-electron chi connectivity index (χ3n) is 14.1. The number of carbonyl (C=O) groups is 1. The third-order valence-corrected chi connectivity index (χ3v) is 14.1. The topological polar surface area (TPSA) is 221 Å². The molecule has 2 saturated carbocycles. The second-order valence-electron chi connectivity index (χ2n) is 19.4. The predicted octanol–water partition coefficient (Wildman–Crippen LogP) is 5.72. The van der Waals surface area contributed by atoms with Crippen LogP contribution < -0.4 is 40.1 Å². The second kappa shape index (κ2) is 24.9. The van der Waals surface area contributed by atoms with E-state index < -0.39 is 0 Å². The van der Waals surface area contributed by atoms with Crippen molar-refractivity contribution in [2.24, 2.45) is 0 Å². The van der Waals surface area contributed by atoms with Gasteiger partial charge in [0.2, 0.25) is 11.9 Å². The van der Waals surface area contributed by atoms with Crippen LogP contribution in [0.1, 0.15) is 68.6 Å². The number of ether oxygens (including phenoxy) is 6. The van der Waals surface area contributed by atoms with Gasteiger partial charge in [-0.25, -0.2) is 29.9 Å². The van der Waals surface area contributed by atoms with E-state index in [1.54, 1.807) is 44.3 Å². The van der Waals surface area contributed by atoms with Gasteiger partial charge in [-0.15, -0.1) is 0 Å². The number of rotatable bonds is 15. The number of morpholine rings is 3. The van der Waals surface area contributed by atoms with Gasteiger partial charge in [0.15, 0.2) is 0 Å². The van der Waals surface area contributed by atoms with Gasteiger partial charge in [0.25, 0.3) is 5.91 Å². The van der Waals surface area contributed by atoms with Crippen molar-refractivity contribution in [2.75, 3.05) is 118 Å². The van der Waals surface area contributed by atoms with Crippen LogP contribution in [-0.4, -0.2) is 169 Å². The maximum absolute atomic E-state index is 12.3. The van der Waals surface area contributed by atoms with E-state index in [1.165, 1.54) is 0 Å². The van der Waals surface area contributed by atoms with Crippen molar-refractivity contribution in [3.63, 3.8) is 0 Å². The predicted molar refractivity (Wildman–Crippen MR) is 282 cm³/mol. The van der Waals surface area contributed by atoms with E-state index in [0.29, 0.717) is 30.1 Å². The zero-order chi connectivity index (χ0) is 50.5. The highest BCUT2D eigenvalue weighted by Crippen LogP contribution is 2.35. The van der Waals surface area contributed by atoms with Crippen LogP contribution in [0.25, 0.3) is 22.1 Å². The molecule has 5 aliphatic rings. The number of methoxy groups -OCH3 is 1. The van der Waals surface area contributed by atoms with E-state index in [4.69, 9.17) is 28.4 Å². The number of benzene rings is 2. The lowest BCUT2D eigenvalue weighted by molar-refractivity contribution is 0.0904. The monoisotopic (exact) mass is 1010 g/mol. The molecule has 3 saturated heterocycles. The number of nitrogens with one attached hydrogen (secondary N) is 3. The summed E-state index contributed by atoms with van der Waals surface area (Å²) in [5.74, 6) is 2.60. The SMILES string of the molecule is COCC(C)NC(=O)c1cnc(NC2CCC(Oc3cc(N4CCOCC4)cc4nccnc34)CC2)nc1.c1cnc2c(OC3CCC(Nc4ncc(N5CCOCC5)cn4)CC3)cc(N3CCOCC3)cc2n1. The summed E-state index contributed by atoms with van der Waals surface area (Å²) in [6, 6.07) is 8.89. The second-order valence-corrected chi connectivity index (χ2v) is 19.4. The maximum atomic E-state index is 12.3. The molecule has 392 valence electrons. The first-order valence-corrected chi connectivity index (χ1v) is 26.2. The Morgan fingerprint density at radius 2 is 0.959 bits per heavy atom. The van der Waals surface area contributed by atoms with Gasteiger partial charge in [-0.3, -0.25) is 14.8 Å². The summed E-state index contributed by atoms with van der Waals surface area (Å²) < 4.78 is 34.6. The number of hydrogen-bond donors (Lipinski definition) is 3. The van der Waals surface area contributed by atoms with Gasteiger partial charge in [0.1, 0.15) is 22.5 Å². The molecule has 21 heteroatoms. The summed E-state index contributed by atoms with van der Waals surface area (Å²) in [5, 5.41) is 9.78. The molecule has 3 aliphatic heterocycles. The molecule has 74 heavy (non-hydrogen) atoms. The van der Waals surface area contributed by atoms with E-state index in [0.717, 1.165) is 181 Å². The molecule has 2 aromatic carbocycles. The van der Waals surface area contributed by atoms with Crippen molar-refractivity contribution in [1.82, 2.24) is 45.2 Å². The molecule has 3 N–H and O–H groups in total. The Balaban J connectivity index is 0.000000169. The van der Waals surface area contributed by atoms with Gasteiger partial charge < -0.3 is 59.1 Å². The minimum Gasteiger partial charge on any atom is -0.488 e. The number of amides is 1. The molecule has 1 unspecified atom stereocenters. The summed E-state index contributed by atoms with van der Waals surface area (Å²) in [5.41, 5.74) is 7.00. The number of nitrogens with zero attached hydrogens (tertiary/aromatic N) is 11. The number of carbonyl (C=O) groups excluding carboxylic acids is 1. The van der Waals surface area contributed by atoms with Gasteiger partial charge in [-0.1, -0.05) is 0 Å². The average Bonchev–Trinajstić information content (AvgIpc) is 3.45. The quantitative estimate of drug-likeness (QED) is 0.112. The van der Waals surface area contributed by atoms with Gasteiger partial charge in [-0.05, 0) is 70.4 Å². The highest BCUT2D eigenvalue weighted by molar-refractivity contribution is 5.94. The van der Waals surface area contributed by atoms with Crippen molar-refractivity contribution >= 4 is 56.9 Å². The number of aromatic nitrogens is 8. The van der Waals surface area contributed by atoms with Crippen molar-refractivity contribution in [3.05, 3.63) is 79.4 Å². The first-order chi connectivity index (χ1) is 36.4. The molecule has 0 radical (unpaired) electrons. The lowest BCUT2D eigenvalue weighted by Crippen LogP contribution is -2.36. The van der Waals surface area contributed by atoms with Crippen molar-refractivity contribution in [2.45, 2.75) is 88.6 Å². The highest BCUT2D eigenvalue weighted by atomic mass is 16.5. The first kappa shape index (κ1) is 50.7. The molecular formula is C53H68N14O7. The summed E-state index contributed by atoms with van der Waals surface area (Å²) in [6.07, 6.45) is 21.7. The van der Waals surface area contributed by atoms with Crippen molar-refractivity contribution in [3.8, 4) is 11.5 Å². The van der Waals surface area contributed by atoms with Crippen LogP contribution >= 0.6 is 0 Å². The summed E-state index contributed by atoms with van der Waals surface area (Å²) in [6.45, 7) is 12.0. The molecule has 0 bridgehead atoms. The van der Waals surface area contributed by atoms with Gasteiger partial charge in [0.05, 0.1) is 93.1 Å². The minimum atomic E-state index is -0.214. The van der Waals surface area contributed by atoms with E-state index in [1.807, 2.05) is 19.3 Å². The standard InChI is InChI=1S/C27H35N7O4.C26H33N7O3/c1-18(17-36-2)32-26(35)19-15-30-27(31-16-19)33-20-3-5-22(6-4-20)38-24-14-21(34-9-11-37-12-10-34)13-23-25(24)29-8-7-28-23;1-3-22(4-2-19(1)31-26-29-17-21(18-30-26)33-9-13-35-14-10-33)36-24-16-20(32-7-11-34-12-8-32)15-23-25(24)28-6-5-27-23/h7-8,13-16,18,20,22H,3-6,9-12,17H2,1-2H3,(H,32,35)(H,30,31,33);5-6,15-19,22H,1-4,7-14H2,(H,29,30,31). The van der Waals surface area contributed by atoms with Crippen molar-refractivity contribution < 1.29 is 33.2 Å². The molecule has 0 spiro atoms. The largest absolute Gasteiger partial charge is 0.488 e. The molecule has 6 aromatic rings. The fraction of sp³-hybridized carbons (Fsp3) is 0.528. The van der Waals surface area contributed by atoms with Crippen LogP contribution in [-0.2, 0) is 18.9 Å². The third kappa shape index (κ3) is 13.3. The summed E-state index contributed by atoms with van der Waals surface area (Å²) in [7, 11) is 1.60. The van der Waals surface area contributed by atoms with Crippen LogP contribution in [0.2, 0.25) is 0 Å². The smallest absolute Gasteiger partial charge is 0.254 e. The Bertz CT molecular complexity index is 2730. The molecule has 1 atom stereocenters. The molecule has 7 heterocycles. The lowest BCUT2D eigenvalue weighted by Gasteiger charge is -2.31. The molecule has 21 nitrogen and oxygen atoms in total. The van der Waals surface area contributed by atoms with Crippen LogP contribution in [0, 0.1) is 0 Å². The summed E-state index contributed by atoms with van der Waals surface area (Å²) in [4.78, 5) is 55.2. The molecule has 4 aromatic heterocycles. The van der Waals surface area contributed by atoms with Crippen LogP contribution in [0.5, 0.6) is 11.5 Å². The van der Waals surface area contributed by atoms with E-state index >= 15 is 0 Å². The van der Waals surface area contributed by atoms with E-state index in [-0.39, 0.29) is 30.2 Å². The minimum absolute atomic E-state index is 0.0884. The Morgan fingerprint density at radius 3 is 1.39 bits per heavy atom. The average molecular weight is 1010 g/mol. The van der Waals surface area contributed by atoms with Gasteiger partial charge in [-0.2, -0.15) is 0 Å².